The SMILES string of the molecule is Nc1ccccc1OC1(C(C(=O)O)N(Cc2ccccc2)Cc2ccccc2)CCCCC1. The summed E-state index contributed by atoms with van der Waals surface area (Å²) in [5.41, 5.74) is 8.03. The number of rotatable bonds is 9. The summed E-state index contributed by atoms with van der Waals surface area (Å²) in [5.74, 6) is -0.303. The van der Waals surface area contributed by atoms with Crippen molar-refractivity contribution in [2.75, 3.05) is 5.73 Å². The van der Waals surface area contributed by atoms with Gasteiger partial charge in [-0.1, -0.05) is 79.2 Å². The van der Waals surface area contributed by atoms with Gasteiger partial charge < -0.3 is 15.6 Å². The number of carboxylic acids is 1. The zero-order valence-electron chi connectivity index (χ0n) is 18.9. The van der Waals surface area contributed by atoms with E-state index in [1.54, 1.807) is 6.07 Å². The van der Waals surface area contributed by atoms with Crippen molar-refractivity contribution in [1.82, 2.24) is 4.90 Å². The molecule has 0 heterocycles. The minimum Gasteiger partial charge on any atom is -0.483 e. The van der Waals surface area contributed by atoms with Crippen LogP contribution in [0.5, 0.6) is 5.75 Å². The minimum absolute atomic E-state index is 0.516. The summed E-state index contributed by atoms with van der Waals surface area (Å²) in [6.45, 7) is 1.03. The highest BCUT2D eigenvalue weighted by Crippen LogP contribution is 2.40. The molecule has 1 aliphatic carbocycles. The van der Waals surface area contributed by atoms with Crippen molar-refractivity contribution >= 4 is 11.7 Å². The van der Waals surface area contributed by atoms with Crippen LogP contribution in [0.15, 0.2) is 84.9 Å². The van der Waals surface area contributed by atoms with Crippen LogP contribution in [0, 0.1) is 0 Å². The summed E-state index contributed by atoms with van der Waals surface area (Å²) in [7, 11) is 0. The van der Waals surface area contributed by atoms with E-state index in [0.29, 0.717) is 37.4 Å². The van der Waals surface area contributed by atoms with Crippen molar-refractivity contribution in [3.05, 3.63) is 96.1 Å². The summed E-state index contributed by atoms with van der Waals surface area (Å²) in [6.07, 6.45) is 4.30. The van der Waals surface area contributed by atoms with Crippen LogP contribution in [-0.4, -0.2) is 27.6 Å². The number of hydrogen-bond acceptors (Lipinski definition) is 4. The van der Waals surface area contributed by atoms with Gasteiger partial charge >= 0.3 is 5.97 Å². The highest BCUT2D eigenvalue weighted by atomic mass is 16.5. The molecule has 5 heteroatoms. The molecule has 0 bridgehead atoms. The molecule has 0 aromatic heterocycles. The third-order valence-electron chi connectivity index (χ3n) is 6.49. The third-order valence-corrected chi connectivity index (χ3v) is 6.49. The fourth-order valence-corrected chi connectivity index (χ4v) is 4.96. The first-order valence-corrected chi connectivity index (χ1v) is 11.7. The molecule has 4 rings (SSSR count). The molecule has 1 atom stereocenters. The predicted molar refractivity (Wildman–Crippen MR) is 131 cm³/mol. The van der Waals surface area contributed by atoms with Crippen LogP contribution in [0.25, 0.3) is 0 Å². The van der Waals surface area contributed by atoms with E-state index in [9.17, 15) is 9.90 Å². The Morgan fingerprint density at radius 1 is 0.848 bits per heavy atom. The summed E-state index contributed by atoms with van der Waals surface area (Å²) in [6, 6.07) is 26.6. The van der Waals surface area contributed by atoms with Gasteiger partial charge in [-0.25, -0.2) is 0 Å². The van der Waals surface area contributed by atoms with Crippen LogP contribution in [0.1, 0.15) is 43.2 Å². The van der Waals surface area contributed by atoms with E-state index >= 15 is 0 Å². The lowest BCUT2D eigenvalue weighted by molar-refractivity contribution is -0.157. The second-order valence-electron chi connectivity index (χ2n) is 8.88. The number of nitrogen functional groups attached to an aromatic ring is 1. The van der Waals surface area contributed by atoms with E-state index in [2.05, 4.69) is 4.90 Å². The number of anilines is 1. The molecule has 1 saturated carbocycles. The quantitative estimate of drug-likeness (QED) is 0.426. The lowest BCUT2D eigenvalue weighted by Gasteiger charge is -2.46. The zero-order chi connectivity index (χ0) is 23.1. The Kier molecular flexibility index (Phi) is 7.30. The average molecular weight is 445 g/mol. The molecule has 0 amide bonds. The third kappa shape index (κ3) is 5.55. The molecule has 1 aliphatic rings. The lowest BCUT2D eigenvalue weighted by atomic mass is 9.78. The van der Waals surface area contributed by atoms with Crippen LogP contribution < -0.4 is 10.5 Å². The van der Waals surface area contributed by atoms with Crippen LogP contribution in [-0.2, 0) is 17.9 Å². The number of hydrogen-bond donors (Lipinski definition) is 2. The number of nitrogens with zero attached hydrogens (tertiary/aromatic N) is 1. The maximum absolute atomic E-state index is 12.9. The molecule has 1 unspecified atom stereocenters. The Labute approximate surface area is 195 Å². The van der Waals surface area contributed by atoms with Gasteiger partial charge in [-0.3, -0.25) is 9.69 Å². The molecule has 5 nitrogen and oxygen atoms in total. The lowest BCUT2D eigenvalue weighted by Crippen LogP contribution is -2.60. The second-order valence-corrected chi connectivity index (χ2v) is 8.88. The average Bonchev–Trinajstić information content (AvgIpc) is 2.82. The Balaban J connectivity index is 1.75. The number of ether oxygens (including phenoxy) is 1. The molecule has 0 spiro atoms. The molecular formula is C28H32N2O3. The molecular weight excluding hydrogens is 412 g/mol. The summed E-state index contributed by atoms with van der Waals surface area (Å²) in [5, 5.41) is 10.6. The van der Waals surface area contributed by atoms with Crippen molar-refractivity contribution in [3.8, 4) is 5.75 Å². The Morgan fingerprint density at radius 2 is 1.36 bits per heavy atom. The van der Waals surface area contributed by atoms with Gasteiger partial charge in [0.1, 0.15) is 17.4 Å². The highest BCUT2D eigenvalue weighted by molar-refractivity contribution is 5.75. The topological polar surface area (TPSA) is 75.8 Å². The summed E-state index contributed by atoms with van der Waals surface area (Å²) in [4.78, 5) is 15.0. The van der Waals surface area contributed by atoms with Crippen molar-refractivity contribution in [2.24, 2.45) is 0 Å². The van der Waals surface area contributed by atoms with Gasteiger partial charge in [0.05, 0.1) is 5.69 Å². The fourth-order valence-electron chi connectivity index (χ4n) is 4.96. The van der Waals surface area contributed by atoms with Gasteiger partial charge in [0.2, 0.25) is 0 Å². The first kappa shape index (κ1) is 22.9. The van der Waals surface area contributed by atoms with Crippen LogP contribution in [0.3, 0.4) is 0 Å². The van der Waals surface area contributed by atoms with Crippen molar-refractivity contribution in [3.63, 3.8) is 0 Å². The predicted octanol–water partition coefficient (Wildman–Crippen LogP) is 5.51. The largest absolute Gasteiger partial charge is 0.483 e. The van der Waals surface area contributed by atoms with Crippen molar-refractivity contribution in [2.45, 2.75) is 56.8 Å². The molecule has 0 saturated heterocycles. The molecule has 3 N–H and O–H groups in total. The monoisotopic (exact) mass is 444 g/mol. The molecule has 172 valence electrons. The molecule has 3 aromatic carbocycles. The van der Waals surface area contributed by atoms with E-state index in [1.807, 2.05) is 78.9 Å². The van der Waals surface area contributed by atoms with Gasteiger partial charge in [-0.15, -0.1) is 0 Å². The van der Waals surface area contributed by atoms with E-state index in [-0.39, 0.29) is 0 Å². The van der Waals surface area contributed by atoms with E-state index in [0.717, 1.165) is 30.4 Å². The molecule has 33 heavy (non-hydrogen) atoms. The van der Waals surface area contributed by atoms with Crippen molar-refractivity contribution in [1.29, 1.82) is 0 Å². The van der Waals surface area contributed by atoms with Crippen molar-refractivity contribution < 1.29 is 14.6 Å². The van der Waals surface area contributed by atoms with Gasteiger partial charge in [0, 0.05) is 13.1 Å². The van der Waals surface area contributed by atoms with Gasteiger partial charge in [0.15, 0.2) is 0 Å². The fraction of sp³-hybridized carbons (Fsp3) is 0.321. The number of carboxylic acid groups (broad SMARTS) is 1. The highest BCUT2D eigenvalue weighted by Gasteiger charge is 2.49. The first-order chi connectivity index (χ1) is 16.1. The maximum Gasteiger partial charge on any atom is 0.325 e. The van der Waals surface area contributed by atoms with E-state index in [1.165, 1.54) is 0 Å². The van der Waals surface area contributed by atoms with E-state index in [4.69, 9.17) is 10.5 Å². The number of nitrogens with two attached hydrogens (primary N) is 1. The number of para-hydroxylation sites is 2. The zero-order valence-corrected chi connectivity index (χ0v) is 18.9. The summed E-state index contributed by atoms with van der Waals surface area (Å²) < 4.78 is 6.61. The van der Waals surface area contributed by atoms with Gasteiger partial charge in [-0.2, -0.15) is 0 Å². The molecule has 0 radical (unpaired) electrons. The molecule has 3 aromatic rings. The second kappa shape index (κ2) is 10.5. The standard InChI is InChI=1S/C28H32N2O3/c29-24-16-8-9-17-25(24)33-28(18-10-3-11-19-28)26(27(31)32)30(20-22-12-4-1-5-13-22)21-23-14-6-2-7-15-23/h1-2,4-9,12-17,26H,3,10-11,18-21,29H2,(H,31,32). The van der Waals surface area contributed by atoms with Gasteiger partial charge in [0.25, 0.3) is 0 Å². The summed E-state index contributed by atoms with van der Waals surface area (Å²) >= 11 is 0. The number of benzene rings is 3. The Hall–Kier alpha value is -3.31. The Bertz CT molecular complexity index is 992. The maximum atomic E-state index is 12.9. The molecule has 1 fully saturated rings. The van der Waals surface area contributed by atoms with Crippen LogP contribution in [0.4, 0.5) is 5.69 Å². The smallest absolute Gasteiger partial charge is 0.325 e. The van der Waals surface area contributed by atoms with Gasteiger partial charge in [-0.05, 0) is 48.9 Å². The minimum atomic E-state index is -0.863. The van der Waals surface area contributed by atoms with E-state index < -0.39 is 17.6 Å². The van der Waals surface area contributed by atoms with Crippen LogP contribution in [0.2, 0.25) is 0 Å². The number of aliphatic carboxylic acids is 1. The normalized spacial score (nSPS) is 16.3. The Morgan fingerprint density at radius 3 is 1.88 bits per heavy atom. The van der Waals surface area contributed by atoms with Crippen LogP contribution >= 0.6 is 0 Å². The first-order valence-electron chi connectivity index (χ1n) is 11.7. The molecule has 0 aliphatic heterocycles. The number of carbonyl (C=O) groups is 1.